The zero-order valence-electron chi connectivity index (χ0n) is 8.97. The standard InChI is InChI=1S/C10H13NO.CH5N/c1-11(2)10(8-12)9-6-4-3-5-7-9;1-2/h3-8,10H,1-2H3;2H2,1H3. The lowest BCUT2D eigenvalue weighted by atomic mass is 10.1. The molecule has 0 aliphatic heterocycles. The molecule has 1 unspecified atom stereocenters. The molecule has 0 aliphatic carbocycles. The minimum Gasteiger partial charge on any atom is -0.333 e. The van der Waals surface area contributed by atoms with Crippen molar-refractivity contribution < 1.29 is 4.79 Å². The summed E-state index contributed by atoms with van der Waals surface area (Å²) in [5.41, 5.74) is 5.54. The quantitative estimate of drug-likeness (QED) is 0.732. The Kier molecular flexibility index (Phi) is 6.62. The minimum absolute atomic E-state index is 0.119. The van der Waals surface area contributed by atoms with E-state index in [1.54, 1.807) is 0 Å². The second kappa shape index (κ2) is 7.24. The van der Waals surface area contributed by atoms with Crippen LogP contribution >= 0.6 is 0 Å². The van der Waals surface area contributed by atoms with Crippen molar-refractivity contribution >= 4 is 6.29 Å². The molecule has 1 aromatic rings. The van der Waals surface area contributed by atoms with Gasteiger partial charge in [0.15, 0.2) is 0 Å². The Morgan fingerprint density at radius 3 is 2.07 bits per heavy atom. The normalized spacial score (nSPS) is 11.5. The Labute approximate surface area is 85.5 Å². The first kappa shape index (κ1) is 12.8. The van der Waals surface area contributed by atoms with E-state index in [9.17, 15) is 4.79 Å². The lowest BCUT2D eigenvalue weighted by Crippen LogP contribution is -2.20. The molecule has 3 nitrogen and oxygen atoms in total. The smallest absolute Gasteiger partial charge is 0.141 e. The van der Waals surface area contributed by atoms with Gasteiger partial charge in [0.2, 0.25) is 0 Å². The highest BCUT2D eigenvalue weighted by atomic mass is 16.1. The number of hydrogen-bond donors (Lipinski definition) is 1. The Bertz CT molecular complexity index is 247. The molecule has 0 saturated carbocycles. The van der Waals surface area contributed by atoms with E-state index >= 15 is 0 Å². The van der Waals surface area contributed by atoms with Crippen LogP contribution in [0.15, 0.2) is 30.3 Å². The van der Waals surface area contributed by atoms with Gasteiger partial charge in [0.25, 0.3) is 0 Å². The third kappa shape index (κ3) is 3.68. The van der Waals surface area contributed by atoms with E-state index < -0.39 is 0 Å². The van der Waals surface area contributed by atoms with Gasteiger partial charge < -0.3 is 10.5 Å². The summed E-state index contributed by atoms with van der Waals surface area (Å²) in [6.07, 6.45) is 0.954. The van der Waals surface area contributed by atoms with Crippen LogP contribution < -0.4 is 5.73 Å². The van der Waals surface area contributed by atoms with Gasteiger partial charge in [-0.3, -0.25) is 4.90 Å². The number of hydrogen-bond acceptors (Lipinski definition) is 3. The highest BCUT2D eigenvalue weighted by molar-refractivity contribution is 5.61. The van der Waals surface area contributed by atoms with Crippen molar-refractivity contribution in [1.29, 1.82) is 0 Å². The fraction of sp³-hybridized carbons (Fsp3) is 0.364. The topological polar surface area (TPSA) is 46.3 Å². The first-order valence-electron chi connectivity index (χ1n) is 4.50. The van der Waals surface area contributed by atoms with E-state index in [1.807, 2.05) is 49.3 Å². The summed E-state index contributed by atoms with van der Waals surface area (Å²) in [7, 11) is 5.29. The maximum absolute atomic E-state index is 10.7. The van der Waals surface area contributed by atoms with Crippen LogP contribution in [0.3, 0.4) is 0 Å². The molecule has 0 bridgehead atoms. The summed E-state index contributed by atoms with van der Waals surface area (Å²) in [6, 6.07) is 9.62. The maximum atomic E-state index is 10.7. The predicted octanol–water partition coefficient (Wildman–Crippen LogP) is 1.06. The second-order valence-electron chi connectivity index (χ2n) is 2.96. The summed E-state index contributed by atoms with van der Waals surface area (Å²) in [4.78, 5) is 12.6. The largest absolute Gasteiger partial charge is 0.333 e. The number of likely N-dealkylation sites (N-methyl/N-ethyl adjacent to an activating group) is 1. The zero-order chi connectivity index (χ0) is 11.0. The third-order valence-electron chi connectivity index (χ3n) is 1.83. The Morgan fingerprint density at radius 2 is 1.71 bits per heavy atom. The van der Waals surface area contributed by atoms with E-state index in [1.165, 1.54) is 7.05 Å². The van der Waals surface area contributed by atoms with Gasteiger partial charge in [0, 0.05) is 0 Å². The Morgan fingerprint density at radius 1 is 1.21 bits per heavy atom. The van der Waals surface area contributed by atoms with Gasteiger partial charge in [-0.15, -0.1) is 0 Å². The molecule has 1 rings (SSSR count). The summed E-state index contributed by atoms with van der Waals surface area (Å²) in [5, 5.41) is 0. The average molecular weight is 194 g/mol. The van der Waals surface area contributed by atoms with Gasteiger partial charge in [-0.1, -0.05) is 30.3 Å². The first-order valence-corrected chi connectivity index (χ1v) is 4.50. The van der Waals surface area contributed by atoms with Gasteiger partial charge in [0.1, 0.15) is 6.29 Å². The van der Waals surface area contributed by atoms with Crippen LogP contribution in [0.4, 0.5) is 0 Å². The number of nitrogens with zero attached hydrogens (tertiary/aromatic N) is 1. The van der Waals surface area contributed by atoms with Crippen LogP contribution in [-0.4, -0.2) is 32.3 Å². The van der Waals surface area contributed by atoms with Gasteiger partial charge in [-0.25, -0.2) is 0 Å². The van der Waals surface area contributed by atoms with Gasteiger partial charge in [0.05, 0.1) is 6.04 Å². The molecule has 2 N–H and O–H groups in total. The Balaban J connectivity index is 0.000000791. The molecule has 1 atom stereocenters. The molecule has 0 spiro atoms. The molecular formula is C11H18N2O. The highest BCUT2D eigenvalue weighted by Crippen LogP contribution is 2.14. The minimum atomic E-state index is -0.119. The van der Waals surface area contributed by atoms with Gasteiger partial charge in [-0.2, -0.15) is 0 Å². The van der Waals surface area contributed by atoms with Crippen molar-refractivity contribution in [3.8, 4) is 0 Å². The van der Waals surface area contributed by atoms with Crippen molar-refractivity contribution in [1.82, 2.24) is 4.90 Å². The predicted molar refractivity (Wildman–Crippen MR) is 59.0 cm³/mol. The number of aldehydes is 1. The SMILES string of the molecule is CN.CN(C)C(C=O)c1ccccc1. The number of rotatable bonds is 3. The molecule has 0 heterocycles. The molecule has 0 aliphatic rings. The molecule has 0 saturated heterocycles. The molecule has 14 heavy (non-hydrogen) atoms. The lowest BCUT2D eigenvalue weighted by Gasteiger charge is -2.18. The van der Waals surface area contributed by atoms with Crippen molar-refractivity contribution in [2.75, 3.05) is 21.1 Å². The molecule has 0 amide bonds. The number of nitrogens with two attached hydrogens (primary N) is 1. The highest BCUT2D eigenvalue weighted by Gasteiger charge is 2.10. The van der Waals surface area contributed by atoms with Crippen LogP contribution in [0.25, 0.3) is 0 Å². The van der Waals surface area contributed by atoms with Crippen LogP contribution in [0.1, 0.15) is 11.6 Å². The monoisotopic (exact) mass is 194 g/mol. The fourth-order valence-corrected chi connectivity index (χ4v) is 1.15. The summed E-state index contributed by atoms with van der Waals surface area (Å²) in [5.74, 6) is 0. The van der Waals surface area contributed by atoms with Crippen LogP contribution in [0.2, 0.25) is 0 Å². The van der Waals surface area contributed by atoms with E-state index in [0.29, 0.717) is 0 Å². The average Bonchev–Trinajstić information content (AvgIpc) is 2.23. The number of carbonyl (C=O) groups excluding carboxylic acids is 1. The molecular weight excluding hydrogens is 176 g/mol. The molecule has 78 valence electrons. The molecule has 1 aromatic carbocycles. The van der Waals surface area contributed by atoms with Crippen LogP contribution in [0.5, 0.6) is 0 Å². The Hall–Kier alpha value is -1.19. The van der Waals surface area contributed by atoms with Crippen molar-refractivity contribution in [3.63, 3.8) is 0 Å². The summed E-state index contributed by atoms with van der Waals surface area (Å²) >= 11 is 0. The molecule has 0 aromatic heterocycles. The summed E-state index contributed by atoms with van der Waals surface area (Å²) < 4.78 is 0. The van der Waals surface area contributed by atoms with E-state index in [4.69, 9.17) is 0 Å². The molecule has 0 fully saturated rings. The van der Waals surface area contributed by atoms with Gasteiger partial charge in [-0.05, 0) is 26.7 Å². The van der Waals surface area contributed by atoms with Crippen molar-refractivity contribution in [3.05, 3.63) is 35.9 Å². The third-order valence-corrected chi connectivity index (χ3v) is 1.83. The van der Waals surface area contributed by atoms with E-state index in [-0.39, 0.29) is 6.04 Å². The van der Waals surface area contributed by atoms with E-state index in [0.717, 1.165) is 11.8 Å². The fourth-order valence-electron chi connectivity index (χ4n) is 1.15. The molecule has 3 heteroatoms. The first-order chi connectivity index (χ1) is 6.75. The van der Waals surface area contributed by atoms with Crippen LogP contribution in [-0.2, 0) is 4.79 Å². The van der Waals surface area contributed by atoms with E-state index in [2.05, 4.69) is 5.73 Å². The number of benzene rings is 1. The van der Waals surface area contributed by atoms with Crippen molar-refractivity contribution in [2.45, 2.75) is 6.04 Å². The van der Waals surface area contributed by atoms with Crippen LogP contribution in [0, 0.1) is 0 Å². The van der Waals surface area contributed by atoms with Gasteiger partial charge >= 0.3 is 0 Å². The zero-order valence-corrected chi connectivity index (χ0v) is 8.97. The number of carbonyl (C=O) groups is 1. The maximum Gasteiger partial charge on any atom is 0.141 e. The second-order valence-corrected chi connectivity index (χ2v) is 2.96. The van der Waals surface area contributed by atoms with Crippen molar-refractivity contribution in [2.24, 2.45) is 5.73 Å². The lowest BCUT2D eigenvalue weighted by molar-refractivity contribution is -0.111. The molecule has 0 radical (unpaired) electrons. The summed E-state index contributed by atoms with van der Waals surface area (Å²) in [6.45, 7) is 0.